The lowest BCUT2D eigenvalue weighted by Crippen LogP contribution is -2.03. The molecule has 2 heteroatoms. The molecule has 1 nitrogen and oxygen atoms in total. The molecule has 0 fully saturated rings. The van der Waals surface area contributed by atoms with Crippen molar-refractivity contribution in [3.63, 3.8) is 0 Å². The molecule has 0 saturated carbocycles. The van der Waals surface area contributed by atoms with E-state index in [-0.39, 0.29) is 0 Å². The normalized spacial score (nSPS) is 21.2. The Morgan fingerprint density at radius 1 is 1.25 bits per heavy atom. The second-order valence-corrected chi connectivity index (χ2v) is 3.30. The fourth-order valence-electron chi connectivity index (χ4n) is 1.35. The summed E-state index contributed by atoms with van der Waals surface area (Å²) in [5, 5.41) is 0. The van der Waals surface area contributed by atoms with Crippen LogP contribution in [0.5, 0.6) is 0 Å². The van der Waals surface area contributed by atoms with Crippen LogP contribution in [0.1, 0.15) is 12.8 Å². The molecule has 60 valence electrons. The number of aliphatic imine (C=N–C) groups is 1. The van der Waals surface area contributed by atoms with Gasteiger partial charge in [0.2, 0.25) is 0 Å². The van der Waals surface area contributed by atoms with E-state index in [0.29, 0.717) is 0 Å². The Hall–Kier alpha value is -1.02. The third-order valence-electron chi connectivity index (χ3n) is 1.98. The topological polar surface area (TPSA) is 12.4 Å². The molecule has 0 aromatic carbocycles. The predicted octanol–water partition coefficient (Wildman–Crippen LogP) is 2.60. The molecule has 1 heterocycles. The van der Waals surface area contributed by atoms with Crippen LogP contribution in [0.2, 0.25) is 0 Å². The lowest BCUT2D eigenvalue weighted by molar-refractivity contribution is 1.21. The van der Waals surface area contributed by atoms with E-state index in [4.69, 9.17) is 12.2 Å². The molecule has 0 spiro atoms. The van der Waals surface area contributed by atoms with E-state index in [9.17, 15) is 0 Å². The summed E-state index contributed by atoms with van der Waals surface area (Å²) in [6.45, 7) is 0. The fourth-order valence-corrected chi connectivity index (χ4v) is 1.64. The van der Waals surface area contributed by atoms with Crippen LogP contribution in [0.4, 0.5) is 0 Å². The summed E-state index contributed by atoms with van der Waals surface area (Å²) in [5.41, 5.74) is 2.26. The van der Waals surface area contributed by atoms with Gasteiger partial charge in [-0.1, -0.05) is 24.4 Å². The molecule has 1 aliphatic heterocycles. The monoisotopic (exact) mass is 175 g/mol. The van der Waals surface area contributed by atoms with Gasteiger partial charge in [-0.15, -0.1) is 0 Å². The Balaban J connectivity index is 2.45. The smallest absolute Gasteiger partial charge is 0.0672 e. The quantitative estimate of drug-likeness (QED) is 0.515. The van der Waals surface area contributed by atoms with Crippen LogP contribution in [0, 0.1) is 0 Å². The summed E-state index contributed by atoms with van der Waals surface area (Å²) >= 11 is 5.25. The molecule has 0 radical (unpaired) electrons. The van der Waals surface area contributed by atoms with Crippen molar-refractivity contribution in [2.45, 2.75) is 12.8 Å². The third-order valence-corrected chi connectivity index (χ3v) is 2.40. The van der Waals surface area contributed by atoms with Crippen molar-refractivity contribution in [1.82, 2.24) is 0 Å². The van der Waals surface area contributed by atoms with Crippen LogP contribution in [0.15, 0.2) is 40.6 Å². The average Bonchev–Trinajstić information content (AvgIpc) is 2.30. The van der Waals surface area contributed by atoms with Crippen molar-refractivity contribution in [1.29, 1.82) is 0 Å². The summed E-state index contributed by atoms with van der Waals surface area (Å²) in [7, 11) is 0. The first-order chi connectivity index (χ1) is 5.88. The molecule has 0 aromatic heterocycles. The Morgan fingerprint density at radius 2 is 2.17 bits per heavy atom. The van der Waals surface area contributed by atoms with Gasteiger partial charge in [0.1, 0.15) is 0 Å². The van der Waals surface area contributed by atoms with Gasteiger partial charge in [0, 0.05) is 17.5 Å². The lowest BCUT2D eigenvalue weighted by Gasteiger charge is -2.11. The van der Waals surface area contributed by atoms with Gasteiger partial charge in [0.05, 0.1) is 5.70 Å². The van der Waals surface area contributed by atoms with Crippen LogP contribution >= 0.6 is 12.2 Å². The van der Waals surface area contributed by atoms with Gasteiger partial charge in [-0.2, -0.15) is 0 Å². The summed E-state index contributed by atoms with van der Waals surface area (Å²) in [5.74, 6) is 0. The molecule has 0 amide bonds. The first kappa shape index (κ1) is 7.62. The standard InChI is InChI=1S/C10H9NS/c12-10-6-3-5-9-8(10)4-1-2-7-11-9/h1-3,5,7H,4,6H2. The first-order valence-electron chi connectivity index (χ1n) is 4.00. The molecule has 2 aliphatic rings. The molecule has 0 N–H and O–H groups in total. The number of rotatable bonds is 0. The Bertz CT molecular complexity index is 332. The van der Waals surface area contributed by atoms with Crippen LogP contribution in [-0.4, -0.2) is 11.1 Å². The minimum Gasteiger partial charge on any atom is -0.257 e. The maximum Gasteiger partial charge on any atom is 0.0672 e. The van der Waals surface area contributed by atoms with Gasteiger partial charge in [-0.05, 0) is 24.1 Å². The minimum absolute atomic E-state index is 0.900. The predicted molar refractivity (Wildman–Crippen MR) is 55.6 cm³/mol. The molecule has 0 aromatic rings. The van der Waals surface area contributed by atoms with Gasteiger partial charge in [-0.25, -0.2) is 0 Å². The second kappa shape index (κ2) is 3.15. The maximum absolute atomic E-state index is 5.25. The fraction of sp³-hybridized carbons (Fsp3) is 0.200. The van der Waals surface area contributed by atoms with Crippen molar-refractivity contribution >= 4 is 23.3 Å². The SMILES string of the molecule is S=C1CC=CC2=C1CC=CC=N2. The van der Waals surface area contributed by atoms with E-state index < -0.39 is 0 Å². The number of hydrogen-bond acceptors (Lipinski definition) is 2. The highest BCUT2D eigenvalue weighted by atomic mass is 32.1. The highest BCUT2D eigenvalue weighted by molar-refractivity contribution is 7.80. The molecule has 0 unspecified atom stereocenters. The summed E-state index contributed by atoms with van der Waals surface area (Å²) in [4.78, 5) is 5.33. The zero-order valence-electron chi connectivity index (χ0n) is 6.66. The molecule has 0 bridgehead atoms. The first-order valence-corrected chi connectivity index (χ1v) is 4.41. The van der Waals surface area contributed by atoms with Crippen molar-refractivity contribution < 1.29 is 0 Å². The lowest BCUT2D eigenvalue weighted by atomic mass is 9.99. The van der Waals surface area contributed by atoms with E-state index in [0.717, 1.165) is 23.4 Å². The number of hydrogen-bond donors (Lipinski definition) is 0. The third kappa shape index (κ3) is 1.30. The minimum atomic E-state index is 0.900. The van der Waals surface area contributed by atoms with E-state index >= 15 is 0 Å². The number of thiocarbonyl (C=S) groups is 1. The van der Waals surface area contributed by atoms with Crippen LogP contribution in [0.25, 0.3) is 0 Å². The Labute approximate surface area is 77.2 Å². The summed E-state index contributed by atoms with van der Waals surface area (Å²) in [6, 6.07) is 0. The van der Waals surface area contributed by atoms with Gasteiger partial charge in [0.25, 0.3) is 0 Å². The van der Waals surface area contributed by atoms with Crippen molar-refractivity contribution in [3.8, 4) is 0 Å². The zero-order valence-corrected chi connectivity index (χ0v) is 7.47. The van der Waals surface area contributed by atoms with Crippen molar-refractivity contribution in [2.24, 2.45) is 4.99 Å². The zero-order chi connectivity index (χ0) is 8.39. The van der Waals surface area contributed by atoms with Crippen LogP contribution in [-0.2, 0) is 0 Å². The molecular formula is C10H9NS. The van der Waals surface area contributed by atoms with Gasteiger partial charge < -0.3 is 0 Å². The van der Waals surface area contributed by atoms with Gasteiger partial charge in [-0.3, -0.25) is 4.99 Å². The highest BCUT2D eigenvalue weighted by Crippen LogP contribution is 2.22. The second-order valence-electron chi connectivity index (χ2n) is 2.80. The maximum atomic E-state index is 5.25. The van der Waals surface area contributed by atoms with E-state index in [1.165, 1.54) is 5.57 Å². The van der Waals surface area contributed by atoms with Crippen molar-refractivity contribution in [3.05, 3.63) is 35.6 Å². The van der Waals surface area contributed by atoms with Crippen LogP contribution in [0.3, 0.4) is 0 Å². The van der Waals surface area contributed by atoms with Crippen LogP contribution < -0.4 is 0 Å². The van der Waals surface area contributed by atoms with Gasteiger partial charge in [0.15, 0.2) is 0 Å². The number of allylic oxidation sites excluding steroid dienone is 5. The highest BCUT2D eigenvalue weighted by Gasteiger charge is 2.11. The van der Waals surface area contributed by atoms with E-state index in [2.05, 4.69) is 23.2 Å². The number of nitrogens with zero attached hydrogens (tertiary/aromatic N) is 1. The van der Waals surface area contributed by atoms with Gasteiger partial charge >= 0.3 is 0 Å². The van der Waals surface area contributed by atoms with E-state index in [1.807, 2.05) is 12.3 Å². The van der Waals surface area contributed by atoms with E-state index in [1.54, 1.807) is 0 Å². The summed E-state index contributed by atoms with van der Waals surface area (Å²) < 4.78 is 0. The largest absolute Gasteiger partial charge is 0.257 e. The molecule has 1 aliphatic carbocycles. The molecular weight excluding hydrogens is 166 g/mol. The molecule has 12 heavy (non-hydrogen) atoms. The molecule has 2 rings (SSSR count). The Morgan fingerprint density at radius 3 is 3.08 bits per heavy atom. The molecule has 0 atom stereocenters. The average molecular weight is 175 g/mol. The Kier molecular flexibility index (Phi) is 2.00. The molecule has 0 saturated heterocycles. The van der Waals surface area contributed by atoms with Crippen molar-refractivity contribution in [2.75, 3.05) is 0 Å². The summed E-state index contributed by atoms with van der Waals surface area (Å²) in [6.07, 6.45) is 11.8.